The lowest BCUT2D eigenvalue weighted by atomic mass is 9.99. The van der Waals surface area contributed by atoms with E-state index in [1.807, 2.05) is 19.2 Å². The van der Waals surface area contributed by atoms with Gasteiger partial charge in [0.25, 0.3) is 24.1 Å². The van der Waals surface area contributed by atoms with Crippen LogP contribution in [-0.4, -0.2) is 98.5 Å². The fourth-order valence-corrected chi connectivity index (χ4v) is 7.33. The number of amides is 5. The Balaban J connectivity index is 0.795. The van der Waals surface area contributed by atoms with E-state index >= 15 is 0 Å². The fourth-order valence-electron chi connectivity index (χ4n) is 7.33. The summed E-state index contributed by atoms with van der Waals surface area (Å²) in [6.07, 6.45) is 4.79. The first-order chi connectivity index (χ1) is 29.5. The number of aromatic nitrogens is 4. The van der Waals surface area contributed by atoms with Gasteiger partial charge in [-0.25, -0.2) is 23.4 Å². The number of hydrogen-bond donors (Lipinski definition) is 3. The second-order valence-corrected chi connectivity index (χ2v) is 15.3. The maximum absolute atomic E-state index is 14.1. The third-order valence-corrected chi connectivity index (χ3v) is 10.8. The molecule has 18 heteroatoms. The molecule has 5 heterocycles. The van der Waals surface area contributed by atoms with E-state index in [1.54, 1.807) is 48.7 Å². The number of alkyl halides is 2. The molecule has 5 aromatic rings. The van der Waals surface area contributed by atoms with Crippen LogP contribution in [0.3, 0.4) is 0 Å². The quantitative estimate of drug-likeness (QED) is 0.0752. The number of oxazole rings is 1. The third-order valence-electron chi connectivity index (χ3n) is 10.8. The van der Waals surface area contributed by atoms with Crippen LogP contribution in [-0.2, 0) is 27.3 Å². The van der Waals surface area contributed by atoms with Gasteiger partial charge in [0.15, 0.2) is 11.4 Å². The molecule has 5 amide bonds. The molecule has 61 heavy (non-hydrogen) atoms. The van der Waals surface area contributed by atoms with Crippen molar-refractivity contribution in [3.63, 3.8) is 0 Å². The zero-order valence-electron chi connectivity index (χ0n) is 33.2. The highest BCUT2D eigenvalue weighted by Gasteiger charge is 2.45. The second kappa shape index (κ2) is 17.9. The van der Waals surface area contributed by atoms with Gasteiger partial charge in [-0.3, -0.25) is 39.1 Å². The molecule has 316 valence electrons. The van der Waals surface area contributed by atoms with Gasteiger partial charge >= 0.3 is 0 Å². The minimum absolute atomic E-state index is 0.0561. The first kappa shape index (κ1) is 41.1. The van der Waals surface area contributed by atoms with Crippen LogP contribution in [0.4, 0.5) is 20.3 Å². The van der Waals surface area contributed by atoms with Crippen molar-refractivity contribution in [2.24, 2.45) is 5.92 Å². The Morgan fingerprint density at radius 2 is 1.87 bits per heavy atom. The van der Waals surface area contributed by atoms with E-state index in [0.717, 1.165) is 17.0 Å². The Hall–Kier alpha value is -6.66. The Morgan fingerprint density at radius 3 is 2.64 bits per heavy atom. The average molecular weight is 836 g/mol. The molecule has 2 fully saturated rings. The van der Waals surface area contributed by atoms with Crippen molar-refractivity contribution < 1.29 is 41.9 Å². The van der Waals surface area contributed by atoms with Gasteiger partial charge in [-0.1, -0.05) is 24.3 Å². The number of imide groups is 2. The number of fused-ring (bicyclic) bond motifs is 1. The van der Waals surface area contributed by atoms with Gasteiger partial charge < -0.3 is 19.8 Å². The van der Waals surface area contributed by atoms with Crippen molar-refractivity contribution in [3.8, 4) is 17.1 Å². The predicted molar refractivity (Wildman–Crippen MR) is 216 cm³/mol. The number of carbonyl (C=O) groups excluding carboxylic acids is 5. The van der Waals surface area contributed by atoms with E-state index in [0.29, 0.717) is 73.3 Å². The second-order valence-electron chi connectivity index (χ2n) is 15.3. The molecule has 1 saturated carbocycles. The number of benzene rings is 2. The zero-order valence-corrected chi connectivity index (χ0v) is 33.2. The molecule has 0 radical (unpaired) electrons. The standard InChI is InChI=1S/C43H43F2N9O7/c1-52(17-19-60-18-3-5-27-4-2-6-30-36(27)43(59)54(42(30)58)33-13-14-35(55)50-40(33)57)22-26-9-11-29(12-10-26)53-23-31(37(51-53)38(44)45)48-39(56)32-24-61-41(49-32)28-15-16-46-34(20-28)47-21-25-7-8-25/h2,4,6,9-12,15-16,20,23-25,33,38H,3,5,7-8,13-14,17-19,21-22H2,1H3,(H,46,47)(H,48,56)(H,50,55,57). The molecule has 3 aromatic heterocycles. The SMILES string of the molecule is CN(CCOCCCc1cccc2c1C(=O)N(C1CCC(=O)NC1=O)C2=O)Cc1ccc(-n2cc(NC(=O)c3coc(-c4ccnc(NCC5CC5)c4)n3)c(C(F)F)n2)cc1. The van der Waals surface area contributed by atoms with Crippen molar-refractivity contribution in [2.45, 2.75) is 57.5 Å². The minimum Gasteiger partial charge on any atom is -0.444 e. The highest BCUT2D eigenvalue weighted by molar-refractivity contribution is 6.24. The number of likely N-dealkylation sites (N-methyl/N-ethyl adjacent to an activating group) is 1. The maximum atomic E-state index is 14.1. The molecule has 3 aliphatic rings. The largest absolute Gasteiger partial charge is 0.444 e. The van der Waals surface area contributed by atoms with Crippen LogP contribution in [0.15, 0.2) is 77.7 Å². The lowest BCUT2D eigenvalue weighted by molar-refractivity contribution is -0.136. The van der Waals surface area contributed by atoms with Crippen LogP contribution in [0, 0.1) is 5.92 Å². The topological polar surface area (TPSA) is 194 Å². The molecule has 2 aromatic carbocycles. The van der Waals surface area contributed by atoms with Gasteiger partial charge in [0.05, 0.1) is 35.3 Å². The summed E-state index contributed by atoms with van der Waals surface area (Å²) in [5.41, 5.74) is 2.51. The first-order valence-corrected chi connectivity index (χ1v) is 20.1. The summed E-state index contributed by atoms with van der Waals surface area (Å²) in [5, 5.41) is 12.1. The van der Waals surface area contributed by atoms with E-state index in [4.69, 9.17) is 9.15 Å². The highest BCUT2D eigenvalue weighted by atomic mass is 19.3. The van der Waals surface area contributed by atoms with Crippen molar-refractivity contribution in [1.29, 1.82) is 0 Å². The van der Waals surface area contributed by atoms with Gasteiger partial charge in [-0.15, -0.1) is 0 Å². The summed E-state index contributed by atoms with van der Waals surface area (Å²) >= 11 is 0. The number of nitrogens with one attached hydrogen (secondary N) is 3. The number of halogens is 2. The molecule has 3 N–H and O–H groups in total. The molecule has 1 unspecified atom stereocenters. The molecular formula is C43H43F2N9O7. The Morgan fingerprint density at radius 1 is 1.05 bits per heavy atom. The van der Waals surface area contributed by atoms with Gasteiger partial charge in [0.2, 0.25) is 17.7 Å². The lowest BCUT2D eigenvalue weighted by Gasteiger charge is -2.27. The molecule has 16 nitrogen and oxygen atoms in total. The summed E-state index contributed by atoms with van der Waals surface area (Å²) in [4.78, 5) is 75.2. The maximum Gasteiger partial charge on any atom is 0.284 e. The summed E-state index contributed by atoms with van der Waals surface area (Å²) in [7, 11) is 1.94. The van der Waals surface area contributed by atoms with Crippen molar-refractivity contribution in [3.05, 3.63) is 107 Å². The number of aryl methyl sites for hydroxylation is 1. The van der Waals surface area contributed by atoms with Crippen LogP contribution in [0.25, 0.3) is 17.1 Å². The van der Waals surface area contributed by atoms with Gasteiger partial charge in [-0.05, 0) is 86.5 Å². The predicted octanol–water partition coefficient (Wildman–Crippen LogP) is 5.42. The van der Waals surface area contributed by atoms with Crippen LogP contribution >= 0.6 is 0 Å². The summed E-state index contributed by atoms with van der Waals surface area (Å²) < 4.78 is 40.9. The van der Waals surface area contributed by atoms with Crippen LogP contribution < -0.4 is 16.0 Å². The smallest absolute Gasteiger partial charge is 0.284 e. The molecule has 2 aliphatic heterocycles. The van der Waals surface area contributed by atoms with Gasteiger partial charge in [-0.2, -0.15) is 5.10 Å². The number of carbonyl (C=O) groups is 5. The fraction of sp³-hybridized carbons (Fsp3) is 0.349. The molecule has 1 aliphatic carbocycles. The molecule has 0 spiro atoms. The van der Waals surface area contributed by atoms with Crippen LogP contribution in [0.1, 0.15) is 86.6 Å². The monoisotopic (exact) mass is 835 g/mol. The van der Waals surface area contributed by atoms with Crippen molar-refractivity contribution in [1.82, 2.24) is 34.9 Å². The Labute approximate surface area is 348 Å². The molecule has 8 rings (SSSR count). The van der Waals surface area contributed by atoms with Crippen molar-refractivity contribution >= 4 is 41.0 Å². The number of nitrogens with zero attached hydrogens (tertiary/aromatic N) is 6. The van der Waals surface area contributed by atoms with E-state index in [1.165, 1.54) is 30.0 Å². The highest BCUT2D eigenvalue weighted by Crippen LogP contribution is 2.32. The Kier molecular flexibility index (Phi) is 12.1. The van der Waals surface area contributed by atoms with Crippen LogP contribution in [0.5, 0.6) is 0 Å². The van der Waals surface area contributed by atoms with E-state index in [2.05, 4.69) is 35.9 Å². The number of pyridine rings is 1. The number of ether oxygens (including phenoxy) is 1. The van der Waals surface area contributed by atoms with E-state index in [9.17, 15) is 32.8 Å². The van der Waals surface area contributed by atoms with Gasteiger partial charge in [0, 0.05) is 44.4 Å². The molecule has 0 bridgehead atoms. The summed E-state index contributed by atoms with van der Waals surface area (Å²) in [5.74, 6) is -1.35. The molecular weight excluding hydrogens is 793 g/mol. The number of piperidine rings is 1. The normalized spacial score (nSPS) is 16.4. The average Bonchev–Trinajstić information content (AvgIpc) is 3.65. The van der Waals surface area contributed by atoms with Crippen LogP contribution in [0.2, 0.25) is 0 Å². The number of anilines is 2. The first-order valence-electron chi connectivity index (χ1n) is 20.1. The minimum atomic E-state index is -2.95. The van der Waals surface area contributed by atoms with E-state index in [-0.39, 0.29) is 35.7 Å². The molecule has 1 saturated heterocycles. The Bertz CT molecular complexity index is 2470. The van der Waals surface area contributed by atoms with Gasteiger partial charge in [0.1, 0.15) is 18.1 Å². The third kappa shape index (κ3) is 9.39. The summed E-state index contributed by atoms with van der Waals surface area (Å²) in [6.45, 7) is 2.89. The summed E-state index contributed by atoms with van der Waals surface area (Å²) in [6, 6.07) is 14.8. The van der Waals surface area contributed by atoms with Crippen molar-refractivity contribution in [2.75, 3.05) is 44.0 Å². The lowest BCUT2D eigenvalue weighted by Crippen LogP contribution is -2.54. The zero-order chi connectivity index (χ0) is 42.6. The molecule has 1 atom stereocenters. The number of rotatable bonds is 18. The van der Waals surface area contributed by atoms with E-state index < -0.39 is 47.7 Å². The number of hydrogen-bond acceptors (Lipinski definition) is 12.